The van der Waals surface area contributed by atoms with Gasteiger partial charge in [0.15, 0.2) is 17.6 Å². The van der Waals surface area contributed by atoms with Crippen molar-refractivity contribution in [2.75, 3.05) is 12.1 Å². The van der Waals surface area contributed by atoms with Gasteiger partial charge in [0.1, 0.15) is 12.4 Å². The molecule has 1 N–H and O–H groups in total. The first-order valence-corrected chi connectivity index (χ1v) is 9.77. The van der Waals surface area contributed by atoms with Gasteiger partial charge >= 0.3 is 5.97 Å². The minimum atomic E-state index is -0.980. The summed E-state index contributed by atoms with van der Waals surface area (Å²) in [4.78, 5) is 24.7. The number of hydrogen-bond donors (Lipinski definition) is 1. The summed E-state index contributed by atoms with van der Waals surface area (Å²) in [6.07, 6.45) is -0.980. The van der Waals surface area contributed by atoms with Crippen LogP contribution in [-0.4, -0.2) is 24.8 Å². The van der Waals surface area contributed by atoms with Crippen LogP contribution in [-0.2, 0) is 16.1 Å². The van der Waals surface area contributed by atoms with E-state index in [0.29, 0.717) is 35.1 Å². The summed E-state index contributed by atoms with van der Waals surface area (Å²) in [5.41, 5.74) is 1.90. The van der Waals surface area contributed by atoms with E-state index in [4.69, 9.17) is 18.9 Å². The maximum absolute atomic E-state index is 12.4. The zero-order valence-corrected chi connectivity index (χ0v) is 16.9. The van der Waals surface area contributed by atoms with Gasteiger partial charge in [0.05, 0.1) is 5.56 Å². The van der Waals surface area contributed by atoms with Gasteiger partial charge in [0, 0.05) is 11.8 Å². The molecular weight excluding hydrogens is 398 g/mol. The Balaban J connectivity index is 1.29. The molecule has 3 aromatic carbocycles. The van der Waals surface area contributed by atoms with E-state index in [1.807, 2.05) is 30.3 Å². The zero-order valence-electron chi connectivity index (χ0n) is 16.9. The molecule has 1 aliphatic heterocycles. The number of carbonyl (C=O) groups is 2. The summed E-state index contributed by atoms with van der Waals surface area (Å²) in [6, 6.07) is 21.4. The molecule has 1 amide bonds. The Hall–Kier alpha value is -4.00. The van der Waals surface area contributed by atoms with Crippen molar-refractivity contribution in [3.63, 3.8) is 0 Å². The lowest BCUT2D eigenvalue weighted by atomic mass is 10.2. The molecule has 0 fully saturated rings. The molecule has 158 valence electrons. The van der Waals surface area contributed by atoms with Crippen LogP contribution in [0.5, 0.6) is 17.2 Å². The van der Waals surface area contributed by atoms with E-state index in [1.54, 1.807) is 42.5 Å². The van der Waals surface area contributed by atoms with Gasteiger partial charge < -0.3 is 24.3 Å². The van der Waals surface area contributed by atoms with Crippen LogP contribution < -0.4 is 19.5 Å². The van der Waals surface area contributed by atoms with Crippen molar-refractivity contribution >= 4 is 17.6 Å². The fourth-order valence-corrected chi connectivity index (χ4v) is 2.93. The Kier molecular flexibility index (Phi) is 6.03. The first-order chi connectivity index (χ1) is 15.1. The van der Waals surface area contributed by atoms with Crippen molar-refractivity contribution < 1.29 is 28.5 Å². The van der Waals surface area contributed by atoms with Crippen molar-refractivity contribution in [2.24, 2.45) is 0 Å². The molecule has 4 rings (SSSR count). The van der Waals surface area contributed by atoms with Gasteiger partial charge in [-0.3, -0.25) is 4.79 Å². The molecule has 0 saturated heterocycles. The molecule has 1 aliphatic rings. The Labute approximate surface area is 179 Å². The maximum Gasteiger partial charge on any atom is 0.338 e. The van der Waals surface area contributed by atoms with Gasteiger partial charge in [-0.05, 0) is 48.9 Å². The summed E-state index contributed by atoms with van der Waals surface area (Å²) >= 11 is 0. The number of benzene rings is 3. The second kappa shape index (κ2) is 9.21. The Morgan fingerprint density at radius 1 is 0.968 bits per heavy atom. The summed E-state index contributed by atoms with van der Waals surface area (Å²) in [6.45, 7) is 2.09. The quantitative estimate of drug-likeness (QED) is 0.579. The summed E-state index contributed by atoms with van der Waals surface area (Å²) in [7, 11) is 0. The van der Waals surface area contributed by atoms with E-state index in [1.165, 1.54) is 6.92 Å². The molecule has 1 atom stereocenters. The third-order valence-corrected chi connectivity index (χ3v) is 4.63. The number of nitrogens with one attached hydrogen (secondary N) is 1. The SMILES string of the molecule is C[C@H](OC(=O)c1ccc(OCc2ccccc2)cc1)C(=O)Nc1ccc2c(c1)OCO2. The van der Waals surface area contributed by atoms with Crippen LogP contribution in [0.1, 0.15) is 22.8 Å². The van der Waals surface area contributed by atoms with Crippen LogP contribution in [0.25, 0.3) is 0 Å². The van der Waals surface area contributed by atoms with E-state index in [-0.39, 0.29) is 6.79 Å². The first kappa shape index (κ1) is 20.3. The summed E-state index contributed by atoms with van der Waals surface area (Å²) in [5, 5.41) is 2.70. The average molecular weight is 419 g/mol. The van der Waals surface area contributed by atoms with Crippen molar-refractivity contribution in [1.82, 2.24) is 0 Å². The van der Waals surface area contributed by atoms with Gasteiger partial charge in [-0.15, -0.1) is 0 Å². The van der Waals surface area contributed by atoms with E-state index in [2.05, 4.69) is 5.32 Å². The van der Waals surface area contributed by atoms with Gasteiger partial charge in [-0.1, -0.05) is 30.3 Å². The number of ether oxygens (including phenoxy) is 4. The lowest BCUT2D eigenvalue weighted by molar-refractivity contribution is -0.123. The van der Waals surface area contributed by atoms with Crippen LogP contribution in [0.3, 0.4) is 0 Å². The number of carbonyl (C=O) groups excluding carboxylic acids is 2. The first-order valence-electron chi connectivity index (χ1n) is 9.77. The second-order valence-electron chi connectivity index (χ2n) is 6.90. The minimum absolute atomic E-state index is 0.150. The van der Waals surface area contributed by atoms with E-state index in [9.17, 15) is 9.59 Å². The average Bonchev–Trinajstić information content (AvgIpc) is 3.26. The van der Waals surface area contributed by atoms with Crippen LogP contribution >= 0.6 is 0 Å². The van der Waals surface area contributed by atoms with Crippen LogP contribution in [0.15, 0.2) is 72.8 Å². The van der Waals surface area contributed by atoms with Crippen molar-refractivity contribution in [2.45, 2.75) is 19.6 Å². The summed E-state index contributed by atoms with van der Waals surface area (Å²) < 4.78 is 21.5. The van der Waals surface area contributed by atoms with Gasteiger partial charge in [-0.25, -0.2) is 4.79 Å². The molecule has 0 saturated carbocycles. The van der Waals surface area contributed by atoms with E-state index in [0.717, 1.165) is 5.56 Å². The fraction of sp³-hybridized carbons (Fsp3) is 0.167. The number of fused-ring (bicyclic) bond motifs is 1. The molecule has 7 heteroatoms. The highest BCUT2D eigenvalue weighted by Gasteiger charge is 2.20. The molecule has 31 heavy (non-hydrogen) atoms. The number of esters is 1. The van der Waals surface area contributed by atoms with Crippen LogP contribution in [0.2, 0.25) is 0 Å². The third-order valence-electron chi connectivity index (χ3n) is 4.63. The Bertz CT molecular complexity index is 1070. The normalized spacial score (nSPS) is 12.7. The fourth-order valence-electron chi connectivity index (χ4n) is 2.93. The van der Waals surface area contributed by atoms with Gasteiger partial charge in [0.25, 0.3) is 5.91 Å². The number of hydrogen-bond acceptors (Lipinski definition) is 6. The Morgan fingerprint density at radius 3 is 2.48 bits per heavy atom. The van der Waals surface area contributed by atoms with Crippen LogP contribution in [0, 0.1) is 0 Å². The largest absolute Gasteiger partial charge is 0.489 e. The summed E-state index contributed by atoms with van der Waals surface area (Å²) in [5.74, 6) is 0.762. The monoisotopic (exact) mass is 419 g/mol. The predicted octanol–water partition coefficient (Wildman–Crippen LogP) is 4.18. The van der Waals surface area contributed by atoms with E-state index >= 15 is 0 Å². The predicted molar refractivity (Wildman–Crippen MR) is 113 cm³/mol. The zero-order chi connectivity index (χ0) is 21.6. The molecule has 0 bridgehead atoms. The highest BCUT2D eigenvalue weighted by Crippen LogP contribution is 2.34. The molecule has 0 spiro atoms. The number of rotatable bonds is 7. The maximum atomic E-state index is 12.4. The lowest BCUT2D eigenvalue weighted by Crippen LogP contribution is -2.30. The molecule has 0 aliphatic carbocycles. The molecule has 3 aromatic rings. The standard InChI is InChI=1S/C24H21NO6/c1-16(23(26)25-19-9-12-21-22(13-19)30-15-29-21)31-24(27)18-7-10-20(11-8-18)28-14-17-5-3-2-4-6-17/h2-13,16H,14-15H2,1H3,(H,25,26)/t16-/m0/s1. The second-order valence-corrected chi connectivity index (χ2v) is 6.90. The topological polar surface area (TPSA) is 83.1 Å². The van der Waals surface area contributed by atoms with Gasteiger partial charge in [-0.2, -0.15) is 0 Å². The molecule has 1 heterocycles. The molecule has 7 nitrogen and oxygen atoms in total. The molecular formula is C24H21NO6. The van der Waals surface area contributed by atoms with Crippen molar-refractivity contribution in [3.05, 3.63) is 83.9 Å². The minimum Gasteiger partial charge on any atom is -0.489 e. The third kappa shape index (κ3) is 5.14. The highest BCUT2D eigenvalue weighted by molar-refractivity contribution is 5.97. The van der Waals surface area contributed by atoms with Gasteiger partial charge in [0.2, 0.25) is 6.79 Å². The number of amides is 1. The van der Waals surface area contributed by atoms with Crippen molar-refractivity contribution in [1.29, 1.82) is 0 Å². The number of anilines is 1. The van der Waals surface area contributed by atoms with E-state index < -0.39 is 18.0 Å². The van der Waals surface area contributed by atoms with Crippen LogP contribution in [0.4, 0.5) is 5.69 Å². The van der Waals surface area contributed by atoms with Crippen molar-refractivity contribution in [3.8, 4) is 17.2 Å². The highest BCUT2D eigenvalue weighted by atomic mass is 16.7. The smallest absolute Gasteiger partial charge is 0.338 e. The molecule has 0 unspecified atom stereocenters. The molecule has 0 aromatic heterocycles. The molecule has 0 radical (unpaired) electrons. The Morgan fingerprint density at radius 2 is 1.71 bits per heavy atom. The lowest BCUT2D eigenvalue weighted by Gasteiger charge is -2.14.